The van der Waals surface area contributed by atoms with Gasteiger partial charge in [-0.1, -0.05) is 12.1 Å². The van der Waals surface area contributed by atoms with Gasteiger partial charge in [-0.25, -0.2) is 0 Å². The fourth-order valence-electron chi connectivity index (χ4n) is 1.86. The zero-order valence-corrected chi connectivity index (χ0v) is 9.17. The summed E-state index contributed by atoms with van der Waals surface area (Å²) < 4.78 is 6.58. The maximum atomic E-state index is 5.22. The Bertz CT molecular complexity index is 625. The van der Waals surface area contributed by atoms with Crippen molar-refractivity contribution in [2.45, 2.75) is 0 Å². The SMILES string of the molecule is COc1ccc2c(ccc3ccsc32)c1. The van der Waals surface area contributed by atoms with Gasteiger partial charge in [0.15, 0.2) is 0 Å². The number of fused-ring (bicyclic) bond motifs is 3. The molecule has 0 spiro atoms. The Balaban J connectivity index is 2.44. The van der Waals surface area contributed by atoms with Gasteiger partial charge in [0.1, 0.15) is 5.75 Å². The molecule has 74 valence electrons. The Labute approximate surface area is 91.9 Å². The molecule has 0 amide bonds. The molecule has 0 saturated heterocycles. The molecule has 3 aromatic rings. The lowest BCUT2D eigenvalue weighted by Gasteiger charge is -2.03. The van der Waals surface area contributed by atoms with E-state index >= 15 is 0 Å². The molecule has 0 N–H and O–H groups in total. The van der Waals surface area contributed by atoms with Crippen LogP contribution >= 0.6 is 11.3 Å². The third kappa shape index (κ3) is 1.29. The summed E-state index contributed by atoms with van der Waals surface area (Å²) in [7, 11) is 1.70. The zero-order chi connectivity index (χ0) is 10.3. The summed E-state index contributed by atoms with van der Waals surface area (Å²) in [6, 6.07) is 12.7. The van der Waals surface area contributed by atoms with E-state index in [-0.39, 0.29) is 0 Å². The second kappa shape index (κ2) is 3.24. The lowest BCUT2D eigenvalue weighted by Crippen LogP contribution is -1.81. The lowest BCUT2D eigenvalue weighted by atomic mass is 10.1. The molecular formula is C13H10OS. The monoisotopic (exact) mass is 214 g/mol. The Morgan fingerprint density at radius 1 is 1.00 bits per heavy atom. The highest BCUT2D eigenvalue weighted by Gasteiger charge is 2.02. The van der Waals surface area contributed by atoms with Crippen LogP contribution in [0.15, 0.2) is 41.8 Å². The molecule has 0 unspecified atom stereocenters. The topological polar surface area (TPSA) is 9.23 Å². The van der Waals surface area contributed by atoms with Crippen molar-refractivity contribution in [3.05, 3.63) is 41.8 Å². The van der Waals surface area contributed by atoms with Gasteiger partial charge in [0, 0.05) is 4.70 Å². The van der Waals surface area contributed by atoms with Gasteiger partial charge in [-0.2, -0.15) is 0 Å². The van der Waals surface area contributed by atoms with E-state index in [1.54, 1.807) is 18.4 Å². The summed E-state index contributed by atoms with van der Waals surface area (Å²) in [6.07, 6.45) is 0. The molecule has 0 atom stereocenters. The van der Waals surface area contributed by atoms with E-state index < -0.39 is 0 Å². The van der Waals surface area contributed by atoms with Crippen molar-refractivity contribution in [1.29, 1.82) is 0 Å². The average molecular weight is 214 g/mol. The summed E-state index contributed by atoms with van der Waals surface area (Å²) in [6.45, 7) is 0. The van der Waals surface area contributed by atoms with Gasteiger partial charge in [0.2, 0.25) is 0 Å². The fraction of sp³-hybridized carbons (Fsp3) is 0.0769. The van der Waals surface area contributed by atoms with Crippen LogP contribution < -0.4 is 4.74 Å². The molecule has 0 aliphatic rings. The first-order valence-electron chi connectivity index (χ1n) is 4.82. The van der Waals surface area contributed by atoms with Gasteiger partial charge < -0.3 is 4.74 Å². The molecule has 3 rings (SSSR count). The molecule has 15 heavy (non-hydrogen) atoms. The molecule has 0 saturated carbocycles. The number of hydrogen-bond donors (Lipinski definition) is 0. The van der Waals surface area contributed by atoms with E-state index in [1.165, 1.54) is 20.9 Å². The summed E-state index contributed by atoms with van der Waals surface area (Å²) in [5, 5.41) is 6.00. The minimum Gasteiger partial charge on any atom is -0.497 e. The highest BCUT2D eigenvalue weighted by atomic mass is 32.1. The Kier molecular flexibility index (Phi) is 1.89. The van der Waals surface area contributed by atoms with Gasteiger partial charge >= 0.3 is 0 Å². The molecule has 1 heterocycles. The standard InChI is InChI=1S/C13H10OS/c1-14-11-4-5-12-10(8-11)3-2-9-6-7-15-13(9)12/h2-8H,1H3. The molecule has 1 aromatic heterocycles. The van der Waals surface area contributed by atoms with Gasteiger partial charge in [0.25, 0.3) is 0 Å². The number of ether oxygens (including phenoxy) is 1. The summed E-state index contributed by atoms with van der Waals surface area (Å²) >= 11 is 1.79. The molecule has 2 aromatic carbocycles. The van der Waals surface area contributed by atoms with Gasteiger partial charge in [-0.05, 0) is 45.8 Å². The van der Waals surface area contributed by atoms with E-state index in [1.807, 2.05) is 6.07 Å². The predicted octanol–water partition coefficient (Wildman–Crippen LogP) is 4.06. The molecule has 0 aliphatic heterocycles. The Morgan fingerprint density at radius 3 is 2.73 bits per heavy atom. The summed E-state index contributed by atoms with van der Waals surface area (Å²) in [4.78, 5) is 0. The minimum absolute atomic E-state index is 0.915. The Morgan fingerprint density at radius 2 is 1.87 bits per heavy atom. The number of thiophene rings is 1. The molecule has 0 aliphatic carbocycles. The highest BCUT2D eigenvalue weighted by Crippen LogP contribution is 2.31. The van der Waals surface area contributed by atoms with Crippen LogP contribution in [-0.4, -0.2) is 7.11 Å². The van der Waals surface area contributed by atoms with E-state index in [0.29, 0.717) is 0 Å². The smallest absolute Gasteiger partial charge is 0.119 e. The van der Waals surface area contributed by atoms with Gasteiger partial charge in [0.05, 0.1) is 7.11 Å². The number of methoxy groups -OCH3 is 1. The first-order chi connectivity index (χ1) is 7.38. The minimum atomic E-state index is 0.915. The predicted molar refractivity (Wildman–Crippen MR) is 65.9 cm³/mol. The van der Waals surface area contributed by atoms with Crippen molar-refractivity contribution in [2.75, 3.05) is 7.11 Å². The largest absolute Gasteiger partial charge is 0.497 e. The molecule has 2 heteroatoms. The Hall–Kier alpha value is -1.54. The van der Waals surface area contributed by atoms with Crippen LogP contribution in [-0.2, 0) is 0 Å². The fourth-order valence-corrected chi connectivity index (χ4v) is 2.80. The normalized spacial score (nSPS) is 11.0. The molecular weight excluding hydrogens is 204 g/mol. The van der Waals surface area contributed by atoms with Crippen LogP contribution in [0, 0.1) is 0 Å². The van der Waals surface area contributed by atoms with Crippen LogP contribution in [0.3, 0.4) is 0 Å². The van der Waals surface area contributed by atoms with Crippen LogP contribution in [0.1, 0.15) is 0 Å². The second-order valence-electron chi connectivity index (χ2n) is 3.49. The van der Waals surface area contributed by atoms with Crippen molar-refractivity contribution in [3.8, 4) is 5.75 Å². The summed E-state index contributed by atoms with van der Waals surface area (Å²) in [5.41, 5.74) is 0. The van der Waals surface area contributed by atoms with Crippen LogP contribution in [0.25, 0.3) is 20.9 Å². The molecule has 1 nitrogen and oxygen atoms in total. The van der Waals surface area contributed by atoms with Crippen LogP contribution in [0.4, 0.5) is 0 Å². The zero-order valence-electron chi connectivity index (χ0n) is 8.36. The molecule has 0 bridgehead atoms. The maximum absolute atomic E-state index is 5.22. The third-order valence-corrected chi connectivity index (χ3v) is 3.60. The average Bonchev–Trinajstić information content (AvgIpc) is 2.76. The molecule has 0 radical (unpaired) electrons. The van der Waals surface area contributed by atoms with Crippen LogP contribution in [0.5, 0.6) is 5.75 Å². The maximum Gasteiger partial charge on any atom is 0.119 e. The first-order valence-corrected chi connectivity index (χ1v) is 5.70. The lowest BCUT2D eigenvalue weighted by molar-refractivity contribution is 0.415. The number of benzene rings is 2. The van der Waals surface area contributed by atoms with Crippen LogP contribution in [0.2, 0.25) is 0 Å². The van der Waals surface area contributed by atoms with Crippen molar-refractivity contribution in [1.82, 2.24) is 0 Å². The van der Waals surface area contributed by atoms with Crippen molar-refractivity contribution in [2.24, 2.45) is 0 Å². The third-order valence-electron chi connectivity index (χ3n) is 2.64. The quantitative estimate of drug-likeness (QED) is 0.593. The van der Waals surface area contributed by atoms with E-state index in [9.17, 15) is 0 Å². The highest BCUT2D eigenvalue weighted by molar-refractivity contribution is 7.18. The molecule has 0 fully saturated rings. The van der Waals surface area contributed by atoms with Crippen molar-refractivity contribution >= 4 is 32.2 Å². The number of hydrogen-bond acceptors (Lipinski definition) is 2. The number of rotatable bonds is 1. The van der Waals surface area contributed by atoms with E-state index in [0.717, 1.165) is 5.75 Å². The van der Waals surface area contributed by atoms with Crippen molar-refractivity contribution in [3.63, 3.8) is 0 Å². The van der Waals surface area contributed by atoms with Crippen molar-refractivity contribution < 1.29 is 4.74 Å². The van der Waals surface area contributed by atoms with E-state index in [4.69, 9.17) is 4.74 Å². The first kappa shape index (κ1) is 8.74. The van der Waals surface area contributed by atoms with Gasteiger partial charge in [-0.15, -0.1) is 11.3 Å². The van der Waals surface area contributed by atoms with E-state index in [2.05, 4.69) is 35.7 Å². The second-order valence-corrected chi connectivity index (χ2v) is 4.41. The van der Waals surface area contributed by atoms with Gasteiger partial charge in [-0.3, -0.25) is 0 Å². The summed E-state index contributed by atoms with van der Waals surface area (Å²) in [5.74, 6) is 0.915.